The lowest BCUT2D eigenvalue weighted by molar-refractivity contribution is 0.986. The summed E-state index contributed by atoms with van der Waals surface area (Å²) in [6.07, 6.45) is 3.79. The van der Waals surface area contributed by atoms with Gasteiger partial charge in [-0.3, -0.25) is 9.36 Å². The van der Waals surface area contributed by atoms with Crippen molar-refractivity contribution in [2.75, 3.05) is 6.26 Å². The number of thiazole rings is 1. The molecule has 0 aliphatic rings. The molecule has 1 aromatic heterocycles. The summed E-state index contributed by atoms with van der Waals surface area (Å²) in [5.74, 6) is 0. The molecule has 0 saturated heterocycles. The van der Waals surface area contributed by atoms with Gasteiger partial charge in [-0.1, -0.05) is 29.8 Å². The van der Waals surface area contributed by atoms with Gasteiger partial charge in [0.25, 0.3) is 5.56 Å². The number of thioether (sulfide) groups is 1. The summed E-state index contributed by atoms with van der Waals surface area (Å²) in [6, 6.07) is 19.1. The van der Waals surface area contributed by atoms with Crippen LogP contribution >= 0.6 is 23.1 Å². The first-order chi connectivity index (χ1) is 13.1. The van der Waals surface area contributed by atoms with Gasteiger partial charge >= 0.3 is 0 Å². The highest BCUT2D eigenvalue weighted by atomic mass is 32.2. The Morgan fingerprint density at radius 2 is 1.70 bits per heavy atom. The lowest BCUT2D eigenvalue weighted by Crippen LogP contribution is -2.30. The van der Waals surface area contributed by atoms with Crippen molar-refractivity contribution in [2.24, 2.45) is 0 Å². The van der Waals surface area contributed by atoms with Crippen LogP contribution in [0.15, 0.2) is 58.2 Å². The summed E-state index contributed by atoms with van der Waals surface area (Å²) < 4.78 is 2.26. The van der Waals surface area contributed by atoms with E-state index < -0.39 is 0 Å². The molecule has 0 unspecified atom stereocenters. The van der Waals surface area contributed by atoms with Gasteiger partial charge in [0.15, 0.2) is 5.57 Å². The Morgan fingerprint density at radius 1 is 1.07 bits per heavy atom. The lowest BCUT2D eigenvalue weighted by atomic mass is 10.2. The molecule has 0 amide bonds. The van der Waals surface area contributed by atoms with E-state index in [4.69, 9.17) is 0 Å². The quantitative estimate of drug-likeness (QED) is 0.646. The van der Waals surface area contributed by atoms with Crippen molar-refractivity contribution in [3.63, 3.8) is 0 Å². The Morgan fingerprint density at radius 3 is 2.26 bits per heavy atom. The maximum Gasteiger partial charge on any atom is 0.273 e. The van der Waals surface area contributed by atoms with Gasteiger partial charge in [-0.05, 0) is 49.1 Å². The highest BCUT2D eigenvalue weighted by molar-refractivity contribution is 7.98. The van der Waals surface area contributed by atoms with Crippen LogP contribution in [-0.2, 0) is 0 Å². The lowest BCUT2D eigenvalue weighted by Gasteiger charge is -2.02. The molecule has 0 radical (unpaired) electrons. The number of nitrogens with zero attached hydrogens (tertiary/aromatic N) is 3. The van der Waals surface area contributed by atoms with Crippen LogP contribution in [0.1, 0.15) is 11.1 Å². The van der Waals surface area contributed by atoms with Crippen molar-refractivity contribution >= 4 is 34.7 Å². The average molecular weight is 390 g/mol. The van der Waals surface area contributed by atoms with Crippen LogP contribution in [0.25, 0.3) is 17.3 Å². The second-order valence-corrected chi connectivity index (χ2v) is 7.67. The van der Waals surface area contributed by atoms with Gasteiger partial charge in [0.05, 0.1) is 10.2 Å². The Labute approximate surface area is 164 Å². The molecule has 3 aromatic rings. The highest BCUT2D eigenvalue weighted by Crippen LogP contribution is 2.15. The standard InChI is InChI=1S/C21H15N3OS2/c1-14-3-7-17(8-4-14)24-20(25)19(27-21(24)16(12-22)13-23)11-15-5-9-18(26-2)10-6-15/h3-11H,1-2H3/b19-11-. The maximum absolute atomic E-state index is 13.0. The van der Waals surface area contributed by atoms with E-state index in [2.05, 4.69) is 0 Å². The minimum atomic E-state index is -0.240. The van der Waals surface area contributed by atoms with Gasteiger partial charge in [-0.15, -0.1) is 23.1 Å². The fourth-order valence-electron chi connectivity index (χ4n) is 2.55. The van der Waals surface area contributed by atoms with Crippen LogP contribution in [0.4, 0.5) is 0 Å². The summed E-state index contributed by atoms with van der Waals surface area (Å²) in [4.78, 5) is 14.2. The van der Waals surface area contributed by atoms with Crippen molar-refractivity contribution in [1.82, 2.24) is 4.57 Å². The van der Waals surface area contributed by atoms with Crippen molar-refractivity contribution in [2.45, 2.75) is 11.8 Å². The number of nitriles is 2. The largest absolute Gasteiger partial charge is 0.273 e. The van der Waals surface area contributed by atoms with Crippen LogP contribution in [0.5, 0.6) is 0 Å². The molecule has 0 saturated carbocycles. The number of hydrogen-bond donors (Lipinski definition) is 0. The monoisotopic (exact) mass is 389 g/mol. The first-order valence-corrected chi connectivity index (χ1v) is 10.1. The molecule has 0 spiro atoms. The highest BCUT2D eigenvalue weighted by Gasteiger charge is 2.11. The number of hydrogen-bond acceptors (Lipinski definition) is 5. The Balaban J connectivity index is 2.31. The van der Waals surface area contributed by atoms with E-state index in [1.54, 1.807) is 17.8 Å². The molecule has 0 aliphatic carbocycles. The van der Waals surface area contributed by atoms with Crippen molar-refractivity contribution in [3.8, 4) is 17.8 Å². The van der Waals surface area contributed by atoms with E-state index in [9.17, 15) is 15.3 Å². The topological polar surface area (TPSA) is 69.6 Å². The second-order valence-electron chi connectivity index (χ2n) is 5.76. The summed E-state index contributed by atoms with van der Waals surface area (Å²) in [6.45, 7) is 1.96. The zero-order valence-electron chi connectivity index (χ0n) is 14.8. The molecule has 0 N–H and O–H groups in total. The van der Waals surface area contributed by atoms with E-state index in [1.807, 2.05) is 73.8 Å². The zero-order valence-corrected chi connectivity index (χ0v) is 16.4. The third-order valence-electron chi connectivity index (χ3n) is 3.97. The van der Waals surface area contributed by atoms with E-state index in [0.717, 1.165) is 27.4 Å². The molecule has 132 valence electrons. The number of benzene rings is 2. The molecule has 3 rings (SSSR count). The molecular formula is C21H15N3OS2. The minimum Gasteiger partial charge on any atom is -0.267 e. The fraction of sp³-hybridized carbons (Fsp3) is 0.0952. The predicted molar refractivity (Wildman–Crippen MR) is 110 cm³/mol. The first kappa shape index (κ1) is 18.7. The van der Waals surface area contributed by atoms with Crippen LogP contribution < -0.4 is 14.8 Å². The summed E-state index contributed by atoms with van der Waals surface area (Å²) in [5, 5.41) is 18.6. The van der Waals surface area contributed by atoms with Crippen molar-refractivity contribution < 1.29 is 0 Å². The molecule has 6 heteroatoms. The Bertz CT molecular complexity index is 1220. The number of rotatable bonds is 3. The van der Waals surface area contributed by atoms with Gasteiger partial charge in [0.1, 0.15) is 16.8 Å². The van der Waals surface area contributed by atoms with Gasteiger partial charge in [0, 0.05) is 4.90 Å². The van der Waals surface area contributed by atoms with Crippen LogP contribution in [0, 0.1) is 29.6 Å². The molecule has 0 fully saturated rings. The Hall–Kier alpha value is -3.06. The normalized spacial score (nSPS) is 11.0. The SMILES string of the molecule is CSc1ccc(/C=c2\sc(=C(C#N)C#N)n(-c3ccc(C)cc3)c2=O)cc1. The molecule has 0 bridgehead atoms. The molecule has 1 heterocycles. The first-order valence-electron chi connectivity index (χ1n) is 8.06. The molecule has 0 aliphatic heterocycles. The summed E-state index contributed by atoms with van der Waals surface area (Å²) >= 11 is 2.80. The fourth-order valence-corrected chi connectivity index (χ4v) is 4.01. The zero-order chi connectivity index (χ0) is 19.4. The summed E-state index contributed by atoms with van der Waals surface area (Å²) in [5.41, 5.74) is 2.28. The van der Waals surface area contributed by atoms with Crippen LogP contribution in [0.2, 0.25) is 0 Å². The smallest absolute Gasteiger partial charge is 0.267 e. The minimum absolute atomic E-state index is 0.0740. The average Bonchev–Trinajstić information content (AvgIpc) is 3.00. The van der Waals surface area contributed by atoms with Crippen molar-refractivity contribution in [1.29, 1.82) is 10.5 Å². The molecule has 27 heavy (non-hydrogen) atoms. The van der Waals surface area contributed by atoms with E-state index in [-0.39, 0.29) is 11.1 Å². The molecule has 4 nitrogen and oxygen atoms in total. The van der Waals surface area contributed by atoms with Gasteiger partial charge in [0.2, 0.25) is 0 Å². The van der Waals surface area contributed by atoms with Crippen molar-refractivity contribution in [3.05, 3.63) is 79.2 Å². The third kappa shape index (κ3) is 3.88. The van der Waals surface area contributed by atoms with E-state index in [1.165, 1.54) is 4.57 Å². The van der Waals surface area contributed by atoms with E-state index >= 15 is 0 Å². The maximum atomic E-state index is 13.0. The van der Waals surface area contributed by atoms with E-state index in [0.29, 0.717) is 14.9 Å². The molecule has 2 aromatic carbocycles. The van der Waals surface area contributed by atoms with Gasteiger partial charge in [-0.2, -0.15) is 10.5 Å². The van der Waals surface area contributed by atoms with Gasteiger partial charge in [-0.25, -0.2) is 0 Å². The van der Waals surface area contributed by atoms with Crippen LogP contribution in [-0.4, -0.2) is 10.8 Å². The van der Waals surface area contributed by atoms with Crippen LogP contribution in [0.3, 0.4) is 0 Å². The Kier molecular flexibility index (Phi) is 5.61. The number of aryl methyl sites for hydroxylation is 1. The number of aromatic nitrogens is 1. The predicted octanol–water partition coefficient (Wildman–Crippen LogP) is 2.96. The second kappa shape index (κ2) is 8.09. The molecule has 0 atom stereocenters. The molecular weight excluding hydrogens is 374 g/mol. The van der Waals surface area contributed by atoms with Gasteiger partial charge < -0.3 is 0 Å². The summed E-state index contributed by atoms with van der Waals surface area (Å²) in [7, 11) is 0. The third-order valence-corrected chi connectivity index (χ3v) is 5.80.